The van der Waals surface area contributed by atoms with E-state index in [0.29, 0.717) is 82.9 Å². The topological polar surface area (TPSA) is 318 Å². The zero-order chi connectivity index (χ0) is 53.8. The molecule has 22 nitrogen and oxygen atoms in total. The molecule has 0 radical (unpaired) electrons. The van der Waals surface area contributed by atoms with Crippen LogP contribution < -0.4 is 139 Å². The third-order valence-corrected chi connectivity index (χ3v) is 16.9. The monoisotopic (exact) mass is 1210 g/mol. The van der Waals surface area contributed by atoms with Crippen LogP contribution in [0.2, 0.25) is 0 Å². The molecule has 8 rings (SSSR count). The maximum absolute atomic E-state index is 12.9. The summed E-state index contributed by atoms with van der Waals surface area (Å²) in [5.74, 6) is 0.171. The second-order valence-electron chi connectivity index (χ2n) is 17.7. The molecule has 78 heavy (non-hydrogen) atoms. The largest absolute Gasteiger partial charge is 1.00 e. The Kier molecular flexibility index (Phi) is 24.2. The van der Waals surface area contributed by atoms with Gasteiger partial charge in [-0.2, -0.15) is 23.7 Å². The first-order valence-corrected chi connectivity index (χ1v) is 27.5. The molecule has 0 aliphatic rings. The van der Waals surface area contributed by atoms with E-state index in [4.69, 9.17) is 34.6 Å². The number of fused-ring (bicyclic) bond motifs is 2. The van der Waals surface area contributed by atoms with Gasteiger partial charge in [-0.3, -0.25) is 15.0 Å². The van der Waals surface area contributed by atoms with Crippen molar-refractivity contribution in [1.29, 1.82) is 5.26 Å². The van der Waals surface area contributed by atoms with Crippen LogP contribution in [0.3, 0.4) is 0 Å². The second kappa shape index (κ2) is 27.6. The van der Waals surface area contributed by atoms with Crippen molar-refractivity contribution in [2.75, 3.05) is 10.2 Å². The smallest absolute Gasteiger partial charge is 0.744 e. The summed E-state index contributed by atoms with van der Waals surface area (Å²) < 4.78 is 86.8. The van der Waals surface area contributed by atoms with Crippen molar-refractivity contribution in [3.8, 4) is 11.2 Å². The number of pyridine rings is 1. The number of nitrogens with zero attached hydrogens (tertiary/aromatic N) is 9. The molecule has 4 aromatic carbocycles. The Morgan fingerprint density at radius 3 is 1.99 bits per heavy atom. The minimum atomic E-state index is -5.07. The van der Waals surface area contributed by atoms with Gasteiger partial charge in [0.2, 0.25) is 5.13 Å². The van der Waals surface area contributed by atoms with Gasteiger partial charge in [0.1, 0.15) is 43.4 Å². The maximum atomic E-state index is 12.9. The molecule has 0 amide bonds. The first-order chi connectivity index (χ1) is 34.8. The van der Waals surface area contributed by atoms with Crippen molar-refractivity contribution in [3.05, 3.63) is 105 Å². The molecule has 32 heteroatoms. The molecule has 0 unspecified atom stereocenters. The van der Waals surface area contributed by atoms with Crippen molar-refractivity contribution in [2.45, 2.75) is 94.2 Å². The molecule has 8 aromatic rings. The van der Waals surface area contributed by atoms with Crippen LogP contribution in [0.4, 0.5) is 39.6 Å². The summed E-state index contributed by atoms with van der Waals surface area (Å²) in [6, 6.07) is 16.1. The van der Waals surface area contributed by atoms with Gasteiger partial charge in [0.05, 0.1) is 65.7 Å². The van der Waals surface area contributed by atoms with Gasteiger partial charge in [-0.25, -0.2) is 31.8 Å². The number of thiazole rings is 2. The molecule has 4 aromatic heterocycles. The molecule has 0 aliphatic carbocycles. The van der Waals surface area contributed by atoms with E-state index in [1.54, 1.807) is 51.1 Å². The molecule has 1 N–H and O–H groups in total. The minimum Gasteiger partial charge on any atom is -0.744 e. The van der Waals surface area contributed by atoms with Crippen molar-refractivity contribution < 1.29 is 173 Å². The third kappa shape index (κ3) is 14.5. The third-order valence-electron chi connectivity index (χ3n) is 11.5. The van der Waals surface area contributed by atoms with Crippen LogP contribution in [-0.2, 0) is 44.4 Å². The molecule has 0 atom stereocenters. The fourth-order valence-electron chi connectivity index (χ4n) is 8.42. The number of hydrogen-bond acceptors (Lipinski definition) is 25. The summed E-state index contributed by atoms with van der Waals surface area (Å²) in [4.78, 5) is 16.4. The quantitative estimate of drug-likeness (QED) is 0.0266. The SMILES string of the molecule is Cc1cc(N(c2nc3ccc(S(=O)(=O)[O-])cc3s2)c2c(C)cc(C)c(S(=O)(=O)[O-])c2C)nc(Nc2c(C)cc(C)c(SOO[O-])c2C)c1N=Nc1c(C#N)c(C(C)(C)C)nn1-c1nc2ccc(SOO[O-])cc2s1.[Na+].[Na+].[Na+].[Na+]. The number of nitrogens with one attached hydrogen (secondary N) is 1. The van der Waals surface area contributed by atoms with Crippen molar-refractivity contribution in [3.63, 3.8) is 0 Å². The summed E-state index contributed by atoms with van der Waals surface area (Å²) in [6.07, 6.45) is 0. The van der Waals surface area contributed by atoms with Crippen molar-refractivity contribution in [1.82, 2.24) is 24.7 Å². The maximum Gasteiger partial charge on any atom is 1.00 e. The number of hydrogen-bond donors (Lipinski definition) is 1. The van der Waals surface area contributed by atoms with Gasteiger partial charge in [0.25, 0.3) is 0 Å². The molecule has 0 bridgehead atoms. The molecule has 386 valence electrons. The van der Waals surface area contributed by atoms with E-state index in [1.807, 2.05) is 40.7 Å². The summed E-state index contributed by atoms with van der Waals surface area (Å²) in [5.41, 5.74) is 4.73. The van der Waals surface area contributed by atoms with Gasteiger partial charge in [-0.05, 0) is 130 Å². The fraction of sp³-hybridized carbons (Fsp3) is 0.239. The predicted molar refractivity (Wildman–Crippen MR) is 271 cm³/mol. The number of azo groups is 1. The van der Waals surface area contributed by atoms with Gasteiger partial charge in [-0.1, -0.05) is 55.6 Å². The summed E-state index contributed by atoms with van der Waals surface area (Å²) in [6.45, 7) is 17.5. The zero-order valence-electron chi connectivity index (χ0n) is 44.6. The molecule has 4 heterocycles. The number of benzene rings is 4. The first kappa shape index (κ1) is 68.5. The van der Waals surface area contributed by atoms with Crippen LogP contribution in [-0.4, -0.2) is 50.7 Å². The Morgan fingerprint density at radius 1 is 0.731 bits per heavy atom. The second-order valence-corrected chi connectivity index (χ2v) is 23.9. The van der Waals surface area contributed by atoms with E-state index in [0.717, 1.165) is 23.0 Å². The van der Waals surface area contributed by atoms with E-state index in [2.05, 4.69) is 25.8 Å². The average molecular weight is 1210 g/mol. The average Bonchev–Trinajstić information content (AvgIpc) is 4.04. The zero-order valence-corrected chi connectivity index (χ0v) is 57.5. The molecular weight excluding hydrogens is 1170 g/mol. The van der Waals surface area contributed by atoms with Gasteiger partial charge in [0.15, 0.2) is 16.8 Å². The van der Waals surface area contributed by atoms with Crippen molar-refractivity contribution >= 4 is 127 Å². The Labute approximate surface area is 553 Å². The molecular formula is C46H40N10Na4O12S6. The minimum absolute atomic E-state index is 0. The van der Waals surface area contributed by atoms with Gasteiger partial charge in [0, 0.05) is 20.9 Å². The number of nitriles is 1. The van der Waals surface area contributed by atoms with Gasteiger partial charge < -0.3 is 24.9 Å². The van der Waals surface area contributed by atoms with Crippen LogP contribution >= 0.6 is 46.8 Å². The molecule has 0 saturated carbocycles. The van der Waals surface area contributed by atoms with Crippen LogP contribution in [0, 0.1) is 59.8 Å². The van der Waals surface area contributed by atoms with E-state index < -0.39 is 35.4 Å². The van der Waals surface area contributed by atoms with E-state index in [-0.39, 0.29) is 179 Å². The Hall–Kier alpha value is -2.01. The van der Waals surface area contributed by atoms with Crippen LogP contribution in [0.25, 0.3) is 25.6 Å². The molecule has 0 spiro atoms. The van der Waals surface area contributed by atoms with Gasteiger partial charge >= 0.3 is 118 Å². The number of anilines is 5. The normalized spacial score (nSPS) is 11.8. The van der Waals surface area contributed by atoms with Crippen LogP contribution in [0.15, 0.2) is 84.4 Å². The van der Waals surface area contributed by atoms with E-state index >= 15 is 0 Å². The summed E-state index contributed by atoms with van der Waals surface area (Å²) in [7, 11) is -9.95. The number of aryl methyl sites for hydroxylation is 5. The Bertz CT molecular complexity index is 3890. The summed E-state index contributed by atoms with van der Waals surface area (Å²) in [5, 5.41) is 57.7. The molecule has 0 aliphatic heterocycles. The van der Waals surface area contributed by atoms with Crippen LogP contribution in [0.5, 0.6) is 0 Å². The Morgan fingerprint density at radius 2 is 1.36 bits per heavy atom. The van der Waals surface area contributed by atoms with Gasteiger partial charge in [-0.15, -0.1) is 10.2 Å². The predicted octanol–water partition coefficient (Wildman–Crippen LogP) is -2.27. The molecule has 0 fully saturated rings. The summed E-state index contributed by atoms with van der Waals surface area (Å²) >= 11 is 3.60. The fourth-order valence-corrected chi connectivity index (χ4v) is 12.9. The van der Waals surface area contributed by atoms with E-state index in [9.17, 15) is 41.7 Å². The van der Waals surface area contributed by atoms with Crippen LogP contribution in [0.1, 0.15) is 71.0 Å². The molecule has 0 saturated heterocycles. The van der Waals surface area contributed by atoms with E-state index in [1.165, 1.54) is 46.9 Å². The standard InChI is InChI=1S/C46H44N10O12S6.4Na/c1-21-15-24(4)39(72-68-66-58)26(6)36(21)51-42-37(52-53-43-30(20-47)41(46(8,9)10)54-56(43)45-49-31-13-11-28(71-67-65-57)18-33(31)70-45)22(2)17-35(50-42)55(38-23(3)16-25(5)40(27(38)7)74(62,63)64)44-48-32-14-12-29(73(59,60)61)19-34(32)69-44;;;;/h11-19,57-58H,1-10H3,(H,50,51)(H,59,60,61)(H,62,63,64);;;;/q;4*+1/p-4. The Balaban J connectivity index is 0.00000328. The number of aromatic nitrogens is 5. The van der Waals surface area contributed by atoms with Crippen molar-refractivity contribution in [2.24, 2.45) is 10.2 Å². The first-order valence-electron chi connectivity index (χ1n) is 21.6. The number of rotatable bonds is 16.